The molecule has 6 nitrogen and oxygen atoms in total. The van der Waals surface area contributed by atoms with E-state index in [0.717, 1.165) is 17.0 Å². The minimum Gasteiger partial charge on any atom is -0.861 e. The predicted molar refractivity (Wildman–Crippen MR) is 118 cm³/mol. The lowest BCUT2D eigenvalue weighted by molar-refractivity contribution is -0.225. The number of carbonyl (C=O) groups is 1. The zero-order valence-corrected chi connectivity index (χ0v) is 20.5. The standard InChI is InChI=1S/C15H16I3NO5S/c1-25(22,23)19-14(20)8-3-2-4-10(5-8)24-15(21)11-6-9(16)7-12(17)13(11)18/h6-8,10H,2-5H2,1H3,(H,19,20)/p-1. The third kappa shape index (κ3) is 6.45. The Balaban J connectivity index is 2.10. The van der Waals surface area contributed by atoms with Gasteiger partial charge in [-0.1, -0.05) is 0 Å². The van der Waals surface area contributed by atoms with E-state index in [4.69, 9.17) is 4.74 Å². The van der Waals surface area contributed by atoms with Gasteiger partial charge in [0.15, 0.2) is 0 Å². The fourth-order valence-corrected chi connectivity index (χ4v) is 5.49. The SMILES string of the molecule is CS(=O)(=O)/N=C(/[O-])C1CCCC(OC(=O)c2cc(I)cc(I)c2I)C1. The van der Waals surface area contributed by atoms with Crippen LogP contribution in [0.3, 0.4) is 0 Å². The molecule has 1 aliphatic rings. The van der Waals surface area contributed by atoms with Gasteiger partial charge in [0.05, 0.1) is 11.8 Å². The Kier molecular flexibility index (Phi) is 7.77. The van der Waals surface area contributed by atoms with E-state index in [-0.39, 0.29) is 0 Å². The molecule has 0 bridgehead atoms. The topological polar surface area (TPSA) is 95.9 Å². The van der Waals surface area contributed by atoms with Gasteiger partial charge < -0.3 is 9.84 Å². The molecular formula is C15H15I3NO5S-. The van der Waals surface area contributed by atoms with Crippen molar-refractivity contribution >= 4 is 89.7 Å². The number of sulfonamides is 1. The largest absolute Gasteiger partial charge is 0.861 e. The number of ether oxygens (including phenoxy) is 1. The number of halogens is 3. The molecule has 2 atom stereocenters. The lowest BCUT2D eigenvalue weighted by Gasteiger charge is -2.31. The summed E-state index contributed by atoms with van der Waals surface area (Å²) in [7, 11) is -3.71. The van der Waals surface area contributed by atoms with Crippen LogP contribution in [0.15, 0.2) is 16.5 Å². The summed E-state index contributed by atoms with van der Waals surface area (Å²) in [4.78, 5) is 12.5. The highest BCUT2D eigenvalue weighted by Crippen LogP contribution is 2.29. The van der Waals surface area contributed by atoms with Crippen molar-refractivity contribution in [2.75, 3.05) is 6.26 Å². The van der Waals surface area contributed by atoms with Crippen LogP contribution in [0.2, 0.25) is 0 Å². The lowest BCUT2D eigenvalue weighted by Crippen LogP contribution is -2.36. The van der Waals surface area contributed by atoms with E-state index in [0.29, 0.717) is 31.2 Å². The summed E-state index contributed by atoms with van der Waals surface area (Å²) in [5.74, 6) is -1.59. The number of nitrogens with zero attached hydrogens (tertiary/aromatic N) is 1. The third-order valence-corrected chi connectivity index (χ3v) is 7.90. The summed E-state index contributed by atoms with van der Waals surface area (Å²) in [6.45, 7) is 0. The number of hydrogen-bond acceptors (Lipinski definition) is 5. The van der Waals surface area contributed by atoms with E-state index >= 15 is 0 Å². The first-order chi connectivity index (χ1) is 11.6. The molecule has 1 fully saturated rings. The maximum Gasteiger partial charge on any atom is 0.339 e. The summed E-state index contributed by atoms with van der Waals surface area (Å²) in [5, 5.41) is 12.0. The second-order valence-corrected chi connectivity index (χ2v) is 10.9. The smallest absolute Gasteiger partial charge is 0.339 e. The maximum absolute atomic E-state index is 12.5. The Morgan fingerprint density at radius 2 is 1.96 bits per heavy atom. The van der Waals surface area contributed by atoms with Gasteiger partial charge in [-0.05, 0) is 117 Å². The molecule has 1 saturated carbocycles. The summed E-state index contributed by atoms with van der Waals surface area (Å²) >= 11 is 6.43. The fourth-order valence-electron chi connectivity index (χ4n) is 2.63. The van der Waals surface area contributed by atoms with Gasteiger partial charge in [-0.2, -0.15) is 4.40 Å². The lowest BCUT2D eigenvalue weighted by atomic mass is 9.87. The molecule has 2 unspecified atom stereocenters. The molecule has 2 rings (SSSR count). The highest BCUT2D eigenvalue weighted by molar-refractivity contribution is 14.1. The maximum atomic E-state index is 12.5. The van der Waals surface area contributed by atoms with Gasteiger partial charge in [0.25, 0.3) is 0 Å². The second-order valence-electron chi connectivity index (χ2n) is 5.80. The third-order valence-electron chi connectivity index (χ3n) is 3.72. The van der Waals surface area contributed by atoms with Crippen LogP contribution in [-0.4, -0.2) is 32.6 Å². The van der Waals surface area contributed by atoms with Gasteiger partial charge in [-0.25, -0.2) is 13.2 Å². The Hall–Kier alpha value is 0.300. The van der Waals surface area contributed by atoms with E-state index < -0.39 is 33.9 Å². The Morgan fingerprint density at radius 3 is 2.60 bits per heavy atom. The van der Waals surface area contributed by atoms with Crippen LogP contribution in [0.5, 0.6) is 0 Å². The van der Waals surface area contributed by atoms with Crippen molar-refractivity contribution in [3.8, 4) is 0 Å². The molecule has 0 saturated heterocycles. The van der Waals surface area contributed by atoms with E-state index in [2.05, 4.69) is 72.2 Å². The summed E-state index contributed by atoms with van der Waals surface area (Å²) in [5.41, 5.74) is 0.506. The number of rotatable bonds is 4. The average Bonchev–Trinajstić information content (AvgIpc) is 2.49. The van der Waals surface area contributed by atoms with Crippen LogP contribution in [0.4, 0.5) is 0 Å². The minimum atomic E-state index is -3.71. The molecular weight excluding hydrogens is 687 g/mol. The molecule has 1 aliphatic carbocycles. The van der Waals surface area contributed by atoms with Crippen molar-refractivity contribution in [3.63, 3.8) is 0 Å². The quantitative estimate of drug-likeness (QED) is 0.158. The molecule has 0 heterocycles. The summed E-state index contributed by atoms with van der Waals surface area (Å²) < 4.78 is 33.9. The van der Waals surface area contributed by atoms with Crippen molar-refractivity contribution < 1.29 is 23.1 Å². The van der Waals surface area contributed by atoms with Crippen LogP contribution in [-0.2, 0) is 14.8 Å². The first kappa shape index (κ1) is 21.6. The van der Waals surface area contributed by atoms with E-state index in [1.54, 1.807) is 6.07 Å². The van der Waals surface area contributed by atoms with Gasteiger partial charge >= 0.3 is 5.97 Å². The summed E-state index contributed by atoms with van der Waals surface area (Å²) in [6, 6.07) is 3.75. The van der Waals surface area contributed by atoms with Gasteiger partial charge in [0.1, 0.15) is 6.10 Å². The zero-order valence-electron chi connectivity index (χ0n) is 13.2. The second kappa shape index (κ2) is 8.99. The number of hydrogen-bond donors (Lipinski definition) is 0. The fraction of sp³-hybridized carbons (Fsp3) is 0.467. The average molecular weight is 702 g/mol. The van der Waals surface area contributed by atoms with Gasteiger partial charge in [0.2, 0.25) is 10.0 Å². The zero-order chi connectivity index (χ0) is 18.8. The molecule has 0 amide bonds. The van der Waals surface area contributed by atoms with E-state index in [9.17, 15) is 18.3 Å². The molecule has 0 radical (unpaired) electrons. The van der Waals surface area contributed by atoms with Gasteiger partial charge in [0, 0.05) is 10.7 Å². The van der Waals surface area contributed by atoms with Crippen LogP contribution >= 0.6 is 67.8 Å². The number of esters is 1. The number of carbonyl (C=O) groups excluding carboxylic acids is 1. The van der Waals surface area contributed by atoms with Gasteiger partial charge in [-0.3, -0.25) is 0 Å². The Morgan fingerprint density at radius 1 is 1.28 bits per heavy atom. The molecule has 25 heavy (non-hydrogen) atoms. The van der Waals surface area contributed by atoms with Crippen molar-refractivity contribution in [2.24, 2.45) is 10.3 Å². The molecule has 0 spiro atoms. The van der Waals surface area contributed by atoms with Crippen LogP contribution in [0, 0.1) is 16.6 Å². The highest BCUT2D eigenvalue weighted by Gasteiger charge is 2.27. The first-order valence-corrected chi connectivity index (χ1v) is 12.5. The molecule has 1 aromatic rings. The van der Waals surface area contributed by atoms with E-state index in [1.807, 2.05) is 6.07 Å². The van der Waals surface area contributed by atoms with Crippen LogP contribution in [0.25, 0.3) is 0 Å². The highest BCUT2D eigenvalue weighted by atomic mass is 127. The molecule has 0 aliphatic heterocycles. The number of benzene rings is 1. The Bertz CT molecular complexity index is 810. The van der Waals surface area contributed by atoms with Gasteiger partial charge in [-0.15, -0.1) is 0 Å². The molecule has 1 aromatic carbocycles. The van der Waals surface area contributed by atoms with Crippen LogP contribution in [0.1, 0.15) is 36.0 Å². The molecule has 10 heteroatoms. The first-order valence-electron chi connectivity index (χ1n) is 7.39. The monoisotopic (exact) mass is 702 g/mol. The van der Waals surface area contributed by atoms with Crippen molar-refractivity contribution in [2.45, 2.75) is 31.8 Å². The normalized spacial score (nSPS) is 21.8. The van der Waals surface area contributed by atoms with Crippen molar-refractivity contribution in [3.05, 3.63) is 28.4 Å². The molecule has 138 valence electrons. The van der Waals surface area contributed by atoms with E-state index in [1.165, 1.54) is 0 Å². The molecule has 0 N–H and O–H groups in total. The molecule has 0 aromatic heterocycles. The minimum absolute atomic E-state index is 0.307. The predicted octanol–water partition coefficient (Wildman–Crippen LogP) is 2.93. The Labute approximate surface area is 187 Å². The van der Waals surface area contributed by atoms with Crippen molar-refractivity contribution in [1.29, 1.82) is 0 Å². The van der Waals surface area contributed by atoms with Crippen LogP contribution < -0.4 is 5.11 Å². The summed E-state index contributed by atoms with van der Waals surface area (Å²) in [6.07, 6.45) is 2.70. The van der Waals surface area contributed by atoms with Crippen molar-refractivity contribution in [1.82, 2.24) is 0 Å².